The minimum atomic E-state index is -0.293. The van der Waals surface area contributed by atoms with Gasteiger partial charge in [-0.15, -0.1) is 11.8 Å². The fourth-order valence-electron chi connectivity index (χ4n) is 1.06. The van der Waals surface area contributed by atoms with E-state index in [-0.39, 0.29) is 11.4 Å². The number of thioether (sulfide) groups is 1. The number of aliphatic hydroxyl groups excluding tert-OH is 1. The van der Waals surface area contributed by atoms with Crippen LogP contribution in [0.1, 0.15) is 26.5 Å². The predicted octanol–water partition coefficient (Wildman–Crippen LogP) is 1.91. The largest absolute Gasteiger partial charge is 0.392 e. The average molecular weight is 241 g/mol. The minimum Gasteiger partial charge on any atom is -0.392 e. The maximum absolute atomic E-state index is 9.35. The quantitative estimate of drug-likeness (QED) is 0.796. The van der Waals surface area contributed by atoms with Crippen LogP contribution in [0.2, 0.25) is 0 Å². The van der Waals surface area contributed by atoms with Gasteiger partial charge in [0.25, 0.3) is 0 Å². The van der Waals surface area contributed by atoms with Gasteiger partial charge in [0.1, 0.15) is 5.82 Å². The Bertz CT molecular complexity index is 303. The summed E-state index contributed by atoms with van der Waals surface area (Å²) in [6.07, 6.45) is 3.23. The molecule has 0 aliphatic heterocycles. The predicted molar refractivity (Wildman–Crippen MR) is 68.6 cm³/mol. The van der Waals surface area contributed by atoms with Gasteiger partial charge in [0.2, 0.25) is 0 Å². The van der Waals surface area contributed by atoms with Crippen molar-refractivity contribution in [3.8, 4) is 0 Å². The van der Waals surface area contributed by atoms with E-state index >= 15 is 0 Å². The molecule has 0 bridgehead atoms. The Morgan fingerprint density at radius 1 is 1.38 bits per heavy atom. The lowest BCUT2D eigenvalue weighted by Crippen LogP contribution is -2.15. The second kappa shape index (κ2) is 6.70. The number of hydrogen-bond acceptors (Lipinski definition) is 5. The molecule has 1 heterocycles. The lowest BCUT2D eigenvalue weighted by Gasteiger charge is -2.13. The van der Waals surface area contributed by atoms with E-state index in [0.717, 1.165) is 23.8 Å². The van der Waals surface area contributed by atoms with E-state index in [0.29, 0.717) is 0 Å². The first-order valence-electron chi connectivity index (χ1n) is 5.48. The molecule has 0 radical (unpaired) electrons. The molecule has 1 rings (SSSR count). The van der Waals surface area contributed by atoms with Crippen LogP contribution in [0, 0.1) is 0 Å². The van der Waals surface area contributed by atoms with Gasteiger partial charge in [0, 0.05) is 17.5 Å². The molecule has 2 N–H and O–H groups in total. The summed E-state index contributed by atoms with van der Waals surface area (Å²) in [5.74, 6) is 1.59. The van der Waals surface area contributed by atoms with E-state index in [1.165, 1.54) is 0 Å². The molecule has 2 atom stereocenters. The van der Waals surface area contributed by atoms with Crippen molar-refractivity contribution in [2.24, 2.45) is 0 Å². The van der Waals surface area contributed by atoms with Gasteiger partial charge >= 0.3 is 0 Å². The van der Waals surface area contributed by atoms with E-state index < -0.39 is 0 Å². The van der Waals surface area contributed by atoms with Crippen LogP contribution >= 0.6 is 11.8 Å². The van der Waals surface area contributed by atoms with E-state index in [4.69, 9.17) is 0 Å². The molecule has 5 heteroatoms. The van der Waals surface area contributed by atoms with Gasteiger partial charge in [-0.25, -0.2) is 4.98 Å². The lowest BCUT2D eigenvalue weighted by molar-refractivity contribution is 0.196. The number of nitrogens with zero attached hydrogens (tertiary/aromatic N) is 2. The maximum atomic E-state index is 9.35. The third-order valence-corrected chi connectivity index (χ3v) is 3.62. The summed E-state index contributed by atoms with van der Waals surface area (Å²) < 4.78 is 0. The van der Waals surface area contributed by atoms with Crippen LogP contribution in [0.4, 0.5) is 5.82 Å². The zero-order chi connectivity index (χ0) is 12.0. The van der Waals surface area contributed by atoms with Crippen LogP contribution < -0.4 is 5.32 Å². The fraction of sp³-hybridized carbons (Fsp3) is 0.636. The van der Waals surface area contributed by atoms with E-state index in [1.807, 2.05) is 13.8 Å². The van der Waals surface area contributed by atoms with Crippen molar-refractivity contribution < 1.29 is 5.11 Å². The molecule has 0 aliphatic carbocycles. The molecule has 2 unspecified atom stereocenters. The first-order valence-corrected chi connectivity index (χ1v) is 6.52. The van der Waals surface area contributed by atoms with Gasteiger partial charge in [0.05, 0.1) is 24.2 Å². The summed E-state index contributed by atoms with van der Waals surface area (Å²) in [6, 6.07) is 0. The van der Waals surface area contributed by atoms with Crippen molar-refractivity contribution in [2.75, 3.05) is 11.9 Å². The van der Waals surface area contributed by atoms with E-state index in [2.05, 4.69) is 15.3 Å². The molecule has 0 fully saturated rings. The number of aromatic nitrogens is 2. The highest BCUT2D eigenvalue weighted by atomic mass is 32.2. The molecule has 0 aromatic carbocycles. The topological polar surface area (TPSA) is 58.0 Å². The number of rotatable bonds is 6. The second-order valence-corrected chi connectivity index (χ2v) is 5.05. The Labute approximate surface area is 101 Å². The van der Waals surface area contributed by atoms with E-state index in [1.54, 1.807) is 31.1 Å². The van der Waals surface area contributed by atoms with Gasteiger partial charge in [-0.05, 0) is 13.8 Å². The third kappa shape index (κ3) is 4.37. The first kappa shape index (κ1) is 13.3. The first-order chi connectivity index (χ1) is 7.63. The molecular formula is C11H19N3OS. The standard InChI is InChI=1S/C11H19N3OS/c1-4-12-11-6-13-10(5-14-11)7-16-9(3)8(2)15/h5-6,8-9,15H,4,7H2,1-3H3,(H,12,14). The zero-order valence-electron chi connectivity index (χ0n) is 9.97. The molecule has 1 aromatic heterocycles. The van der Waals surface area contributed by atoms with Crippen LogP contribution in [0.25, 0.3) is 0 Å². The fourth-order valence-corrected chi connectivity index (χ4v) is 1.92. The Morgan fingerprint density at radius 3 is 2.62 bits per heavy atom. The smallest absolute Gasteiger partial charge is 0.144 e. The third-order valence-electron chi connectivity index (χ3n) is 2.24. The van der Waals surface area contributed by atoms with Crippen molar-refractivity contribution in [3.05, 3.63) is 18.1 Å². The van der Waals surface area contributed by atoms with Crippen molar-refractivity contribution >= 4 is 17.6 Å². The van der Waals surface area contributed by atoms with Crippen LogP contribution in [-0.2, 0) is 5.75 Å². The van der Waals surface area contributed by atoms with Crippen LogP contribution in [0.5, 0.6) is 0 Å². The summed E-state index contributed by atoms with van der Waals surface area (Å²) in [7, 11) is 0. The molecule has 0 aliphatic rings. The molecule has 4 nitrogen and oxygen atoms in total. The summed E-state index contributed by atoms with van der Waals surface area (Å²) in [6.45, 7) is 6.69. The second-order valence-electron chi connectivity index (χ2n) is 3.68. The van der Waals surface area contributed by atoms with Crippen molar-refractivity contribution in [3.63, 3.8) is 0 Å². The number of nitrogens with one attached hydrogen (secondary N) is 1. The van der Waals surface area contributed by atoms with Crippen molar-refractivity contribution in [2.45, 2.75) is 37.9 Å². The monoisotopic (exact) mass is 241 g/mol. The molecule has 0 saturated heterocycles. The maximum Gasteiger partial charge on any atom is 0.144 e. The van der Waals surface area contributed by atoms with Crippen LogP contribution in [0.15, 0.2) is 12.4 Å². The molecule has 0 spiro atoms. The van der Waals surface area contributed by atoms with Crippen molar-refractivity contribution in [1.29, 1.82) is 0 Å². The highest BCUT2D eigenvalue weighted by molar-refractivity contribution is 7.99. The Kier molecular flexibility index (Phi) is 5.55. The summed E-state index contributed by atoms with van der Waals surface area (Å²) in [5, 5.41) is 12.7. The minimum absolute atomic E-state index is 0.218. The normalized spacial score (nSPS) is 14.5. The van der Waals surface area contributed by atoms with Gasteiger partial charge < -0.3 is 10.4 Å². The Balaban J connectivity index is 2.43. The summed E-state index contributed by atoms with van der Waals surface area (Å²) in [5.41, 5.74) is 0.944. The lowest BCUT2D eigenvalue weighted by atomic mass is 10.3. The molecule has 16 heavy (non-hydrogen) atoms. The SMILES string of the molecule is CCNc1cnc(CSC(C)C(C)O)cn1. The van der Waals surface area contributed by atoms with Gasteiger partial charge in [-0.3, -0.25) is 4.98 Å². The summed E-state index contributed by atoms with van der Waals surface area (Å²) in [4.78, 5) is 8.54. The molecule has 90 valence electrons. The molecular weight excluding hydrogens is 222 g/mol. The summed E-state index contributed by atoms with van der Waals surface area (Å²) >= 11 is 1.68. The Hall–Kier alpha value is -0.810. The van der Waals surface area contributed by atoms with Crippen LogP contribution in [0.3, 0.4) is 0 Å². The molecule has 0 amide bonds. The van der Waals surface area contributed by atoms with Crippen molar-refractivity contribution in [1.82, 2.24) is 9.97 Å². The zero-order valence-corrected chi connectivity index (χ0v) is 10.8. The van der Waals surface area contributed by atoms with Gasteiger partial charge in [-0.1, -0.05) is 6.92 Å². The highest BCUT2D eigenvalue weighted by Gasteiger charge is 2.09. The average Bonchev–Trinajstić information content (AvgIpc) is 2.28. The van der Waals surface area contributed by atoms with Gasteiger partial charge in [0.15, 0.2) is 0 Å². The number of aliphatic hydroxyl groups is 1. The van der Waals surface area contributed by atoms with Gasteiger partial charge in [-0.2, -0.15) is 0 Å². The number of hydrogen-bond donors (Lipinski definition) is 2. The van der Waals surface area contributed by atoms with Crippen LogP contribution in [-0.4, -0.2) is 33.0 Å². The number of anilines is 1. The molecule has 1 aromatic rings. The highest BCUT2D eigenvalue weighted by Crippen LogP contribution is 2.18. The Morgan fingerprint density at radius 2 is 2.12 bits per heavy atom. The van der Waals surface area contributed by atoms with E-state index in [9.17, 15) is 5.11 Å². The molecule has 0 saturated carbocycles.